The molecule has 0 aliphatic heterocycles. The van der Waals surface area contributed by atoms with E-state index in [-0.39, 0.29) is 27.9 Å². The van der Waals surface area contributed by atoms with E-state index < -0.39 is 22.5 Å². The molecule has 0 atom stereocenters. The number of amides is 1. The summed E-state index contributed by atoms with van der Waals surface area (Å²) in [5, 5.41) is 13.6. The zero-order valence-electron chi connectivity index (χ0n) is 17.4. The first-order valence-corrected chi connectivity index (χ1v) is 10.4. The molecule has 0 saturated carbocycles. The Morgan fingerprint density at radius 3 is 2.60 bits per heavy atom. The van der Waals surface area contributed by atoms with Crippen LogP contribution >= 0.6 is 11.6 Å². The number of furan rings is 1. The Morgan fingerprint density at radius 2 is 1.80 bits per heavy atom. The lowest BCUT2D eigenvalue weighted by Gasteiger charge is -2.02. The van der Waals surface area contributed by atoms with E-state index in [0.29, 0.717) is 28.1 Å². The van der Waals surface area contributed by atoms with Crippen molar-refractivity contribution in [3.05, 3.63) is 99.3 Å². The van der Waals surface area contributed by atoms with Crippen LogP contribution in [0.25, 0.3) is 33.9 Å². The molecule has 0 spiro atoms. The number of nitro benzene ring substituents is 1. The van der Waals surface area contributed by atoms with Gasteiger partial charge in [-0.25, -0.2) is 13.8 Å². The molecule has 1 amide bonds. The third-order valence-corrected chi connectivity index (χ3v) is 5.37. The monoisotopic (exact) mass is 495 g/mol. The number of hydrogen-bond donors (Lipinski definition) is 1. The fourth-order valence-electron chi connectivity index (χ4n) is 3.39. The van der Waals surface area contributed by atoms with Crippen LogP contribution in [0.1, 0.15) is 10.6 Å². The number of non-ortho nitro benzene ring substituents is 1. The van der Waals surface area contributed by atoms with E-state index in [1.54, 1.807) is 18.2 Å². The quantitative estimate of drug-likeness (QED) is 0.162. The molecule has 0 aliphatic rings. The molecule has 1 N–H and O–H groups in total. The minimum atomic E-state index is -1.09. The lowest BCUT2D eigenvalue weighted by atomic mass is 10.1. The summed E-state index contributed by atoms with van der Waals surface area (Å²) >= 11 is 5.99. The van der Waals surface area contributed by atoms with E-state index in [9.17, 15) is 23.7 Å². The maximum atomic E-state index is 13.6. The number of nitrogens with zero attached hydrogens (tertiary/aromatic N) is 2. The first-order chi connectivity index (χ1) is 16.8. The molecule has 2 aromatic heterocycles. The molecule has 0 radical (unpaired) electrons. The van der Waals surface area contributed by atoms with Gasteiger partial charge < -0.3 is 14.2 Å². The molecule has 0 fully saturated rings. The second-order valence-corrected chi connectivity index (χ2v) is 7.78. The van der Waals surface area contributed by atoms with E-state index in [1.165, 1.54) is 36.4 Å². The minimum absolute atomic E-state index is 0.0129. The van der Waals surface area contributed by atoms with Gasteiger partial charge in [-0.3, -0.25) is 14.9 Å². The molecule has 5 rings (SSSR count). The zero-order chi connectivity index (χ0) is 24.7. The Bertz CT molecular complexity index is 1630. The van der Waals surface area contributed by atoms with Gasteiger partial charge in [-0.1, -0.05) is 23.7 Å². The molecular formula is C24H12ClF2N3O5. The number of halogens is 3. The number of carbonyl (C=O) groups is 1. The van der Waals surface area contributed by atoms with Gasteiger partial charge in [-0.2, -0.15) is 0 Å². The largest absolute Gasteiger partial charge is 0.451 e. The number of benzene rings is 3. The highest BCUT2D eigenvalue weighted by atomic mass is 35.5. The first kappa shape index (κ1) is 22.2. The Balaban J connectivity index is 1.38. The number of fused-ring (bicyclic) bond motifs is 1. The smallest absolute Gasteiger partial charge is 0.291 e. The van der Waals surface area contributed by atoms with Crippen LogP contribution in [0.5, 0.6) is 0 Å². The molecule has 2 heterocycles. The molecule has 0 aliphatic carbocycles. The Hall–Kier alpha value is -4.57. The first-order valence-electron chi connectivity index (χ1n) is 10.00. The highest BCUT2D eigenvalue weighted by Gasteiger charge is 2.18. The summed E-state index contributed by atoms with van der Waals surface area (Å²) in [4.78, 5) is 27.4. The Kier molecular flexibility index (Phi) is 5.50. The van der Waals surface area contributed by atoms with Gasteiger partial charge in [0.1, 0.15) is 11.3 Å². The predicted octanol–water partition coefficient (Wildman–Crippen LogP) is 6.85. The summed E-state index contributed by atoms with van der Waals surface area (Å²) < 4.78 is 38.2. The number of anilines is 1. The van der Waals surface area contributed by atoms with Gasteiger partial charge in [0.25, 0.3) is 11.6 Å². The standard InChI is InChI=1S/C24H12ClF2N3O5/c25-16-11-18(27)17(26)10-15(16)24-29-19-9-13(4-5-21(19)35-24)28-23(31)22-7-6-20(34-22)12-2-1-3-14(8-12)30(32)33/h1-11H,(H,28,31). The topological polar surface area (TPSA) is 111 Å². The molecule has 8 nitrogen and oxygen atoms in total. The van der Waals surface area contributed by atoms with Crippen molar-refractivity contribution >= 4 is 40.0 Å². The number of carbonyl (C=O) groups excluding carboxylic acids is 1. The highest BCUT2D eigenvalue weighted by Crippen LogP contribution is 2.33. The number of nitro groups is 1. The van der Waals surface area contributed by atoms with Gasteiger partial charge in [0.2, 0.25) is 5.89 Å². The van der Waals surface area contributed by atoms with Crippen LogP contribution in [0.4, 0.5) is 20.2 Å². The molecule has 3 aromatic carbocycles. The average molecular weight is 496 g/mol. The van der Waals surface area contributed by atoms with Crippen LogP contribution in [-0.4, -0.2) is 15.8 Å². The zero-order valence-corrected chi connectivity index (χ0v) is 18.2. The molecule has 174 valence electrons. The summed E-state index contributed by atoms with van der Waals surface area (Å²) in [6, 6.07) is 15.2. The fourth-order valence-corrected chi connectivity index (χ4v) is 3.62. The Morgan fingerprint density at radius 1 is 1.00 bits per heavy atom. The lowest BCUT2D eigenvalue weighted by molar-refractivity contribution is -0.384. The van der Waals surface area contributed by atoms with Crippen LogP contribution in [0.2, 0.25) is 5.02 Å². The van der Waals surface area contributed by atoms with Gasteiger partial charge in [0.05, 0.1) is 15.5 Å². The summed E-state index contributed by atoms with van der Waals surface area (Å²) in [5.74, 6) is -2.48. The van der Waals surface area contributed by atoms with Crippen LogP contribution in [0.15, 0.2) is 75.6 Å². The van der Waals surface area contributed by atoms with Gasteiger partial charge in [-0.05, 0) is 42.5 Å². The second-order valence-electron chi connectivity index (χ2n) is 7.37. The number of nitrogens with one attached hydrogen (secondary N) is 1. The third-order valence-electron chi connectivity index (χ3n) is 5.06. The van der Waals surface area contributed by atoms with Crippen molar-refractivity contribution < 1.29 is 27.3 Å². The maximum absolute atomic E-state index is 13.6. The highest BCUT2D eigenvalue weighted by molar-refractivity contribution is 6.33. The molecular weight excluding hydrogens is 484 g/mol. The molecule has 5 aromatic rings. The summed E-state index contributed by atoms with van der Waals surface area (Å²) in [6.45, 7) is 0. The van der Waals surface area contributed by atoms with E-state index in [2.05, 4.69) is 10.3 Å². The van der Waals surface area contributed by atoms with E-state index in [0.717, 1.165) is 12.1 Å². The second kappa shape index (κ2) is 8.65. The average Bonchev–Trinajstić information content (AvgIpc) is 3.49. The van der Waals surface area contributed by atoms with Crippen molar-refractivity contribution in [2.75, 3.05) is 5.32 Å². The number of aromatic nitrogens is 1. The molecule has 0 saturated heterocycles. The van der Waals surface area contributed by atoms with Crippen LogP contribution in [0, 0.1) is 21.7 Å². The number of oxazole rings is 1. The fraction of sp³-hybridized carbons (Fsp3) is 0. The van der Waals surface area contributed by atoms with Gasteiger partial charge >= 0.3 is 0 Å². The molecule has 11 heteroatoms. The van der Waals surface area contributed by atoms with E-state index in [1.807, 2.05) is 0 Å². The van der Waals surface area contributed by atoms with E-state index >= 15 is 0 Å². The molecule has 0 unspecified atom stereocenters. The molecule has 0 bridgehead atoms. The summed E-state index contributed by atoms with van der Waals surface area (Å²) in [7, 11) is 0. The maximum Gasteiger partial charge on any atom is 0.291 e. The molecule has 35 heavy (non-hydrogen) atoms. The lowest BCUT2D eigenvalue weighted by Crippen LogP contribution is -2.10. The van der Waals surface area contributed by atoms with Crippen LogP contribution < -0.4 is 5.32 Å². The van der Waals surface area contributed by atoms with Crippen molar-refractivity contribution in [2.24, 2.45) is 0 Å². The number of hydrogen-bond acceptors (Lipinski definition) is 6. The van der Waals surface area contributed by atoms with Crippen molar-refractivity contribution in [3.8, 4) is 22.8 Å². The van der Waals surface area contributed by atoms with Gasteiger partial charge in [0, 0.05) is 23.4 Å². The Labute approximate surface area is 199 Å². The summed E-state index contributed by atoms with van der Waals surface area (Å²) in [6.07, 6.45) is 0. The SMILES string of the molecule is O=C(Nc1ccc2oc(-c3cc(F)c(F)cc3Cl)nc2c1)c1ccc(-c2cccc([N+](=O)[O-])c2)o1. The summed E-state index contributed by atoms with van der Waals surface area (Å²) in [5.41, 5.74) is 1.48. The van der Waals surface area contributed by atoms with Crippen molar-refractivity contribution in [1.82, 2.24) is 4.98 Å². The predicted molar refractivity (Wildman–Crippen MR) is 123 cm³/mol. The van der Waals surface area contributed by atoms with Crippen molar-refractivity contribution in [1.29, 1.82) is 0 Å². The van der Waals surface area contributed by atoms with Crippen LogP contribution in [0.3, 0.4) is 0 Å². The van der Waals surface area contributed by atoms with Crippen molar-refractivity contribution in [2.45, 2.75) is 0 Å². The van der Waals surface area contributed by atoms with Gasteiger partial charge in [0.15, 0.2) is 23.0 Å². The number of rotatable bonds is 5. The normalized spacial score (nSPS) is 11.1. The minimum Gasteiger partial charge on any atom is -0.451 e. The van der Waals surface area contributed by atoms with Crippen molar-refractivity contribution in [3.63, 3.8) is 0 Å². The van der Waals surface area contributed by atoms with Gasteiger partial charge in [-0.15, -0.1) is 0 Å². The van der Waals surface area contributed by atoms with Crippen LogP contribution in [-0.2, 0) is 0 Å². The third kappa shape index (κ3) is 4.34. The van der Waals surface area contributed by atoms with E-state index in [4.69, 9.17) is 20.4 Å².